The summed E-state index contributed by atoms with van der Waals surface area (Å²) >= 11 is 0. The lowest BCUT2D eigenvalue weighted by Gasteiger charge is -2.07. The fraction of sp³-hybridized carbons (Fsp3) is 0.0625. The third kappa shape index (κ3) is 2.54. The van der Waals surface area contributed by atoms with Gasteiger partial charge in [0.05, 0.1) is 6.26 Å². The SMILES string of the molecule is Nc1ncc(CNc2ccc(F)cc2)c2nc(-c3ccco3)nn12. The highest BCUT2D eigenvalue weighted by Crippen LogP contribution is 2.20. The lowest BCUT2D eigenvalue weighted by molar-refractivity contribution is 0.577. The van der Waals surface area contributed by atoms with Gasteiger partial charge in [-0.2, -0.15) is 4.52 Å². The predicted molar refractivity (Wildman–Crippen MR) is 86.6 cm³/mol. The minimum Gasteiger partial charge on any atom is -0.461 e. The highest BCUT2D eigenvalue weighted by molar-refractivity contribution is 5.58. The Bertz CT molecular complexity index is 978. The fourth-order valence-corrected chi connectivity index (χ4v) is 2.34. The van der Waals surface area contributed by atoms with Gasteiger partial charge in [-0.1, -0.05) is 0 Å². The van der Waals surface area contributed by atoms with Crippen LogP contribution < -0.4 is 11.1 Å². The average Bonchev–Trinajstić information content (AvgIpc) is 3.25. The molecular formula is C16H13FN6O. The molecule has 3 aromatic heterocycles. The van der Waals surface area contributed by atoms with Gasteiger partial charge in [0.25, 0.3) is 0 Å². The first-order chi connectivity index (χ1) is 11.7. The van der Waals surface area contributed by atoms with Crippen LogP contribution in [0.5, 0.6) is 0 Å². The number of benzene rings is 1. The number of rotatable bonds is 4. The van der Waals surface area contributed by atoms with Crippen LogP contribution in [0, 0.1) is 5.82 Å². The van der Waals surface area contributed by atoms with E-state index in [1.165, 1.54) is 16.6 Å². The van der Waals surface area contributed by atoms with Crippen LogP contribution in [0.2, 0.25) is 0 Å². The largest absolute Gasteiger partial charge is 0.461 e. The number of furan rings is 1. The lowest BCUT2D eigenvalue weighted by Crippen LogP contribution is -2.07. The van der Waals surface area contributed by atoms with Crippen LogP contribution in [0.15, 0.2) is 53.3 Å². The van der Waals surface area contributed by atoms with Gasteiger partial charge < -0.3 is 15.5 Å². The number of hydrogen-bond acceptors (Lipinski definition) is 6. The summed E-state index contributed by atoms with van der Waals surface area (Å²) < 4.78 is 19.7. The molecule has 4 rings (SSSR count). The topological polar surface area (TPSA) is 94.3 Å². The van der Waals surface area contributed by atoms with E-state index in [-0.39, 0.29) is 11.8 Å². The molecule has 7 nitrogen and oxygen atoms in total. The van der Waals surface area contributed by atoms with Gasteiger partial charge >= 0.3 is 0 Å². The molecule has 4 aromatic rings. The molecule has 0 bridgehead atoms. The molecule has 0 unspecified atom stereocenters. The minimum absolute atomic E-state index is 0.237. The molecule has 0 aliphatic rings. The number of nitrogens with zero attached hydrogens (tertiary/aromatic N) is 4. The molecule has 120 valence electrons. The molecule has 0 aliphatic heterocycles. The summed E-state index contributed by atoms with van der Waals surface area (Å²) in [6.45, 7) is 0.443. The molecule has 1 aromatic carbocycles. The number of nitrogen functional groups attached to an aromatic ring is 1. The Labute approximate surface area is 136 Å². The predicted octanol–water partition coefficient (Wildman–Crippen LogP) is 2.72. The van der Waals surface area contributed by atoms with Crippen LogP contribution in [0.4, 0.5) is 16.0 Å². The summed E-state index contributed by atoms with van der Waals surface area (Å²) in [4.78, 5) is 8.62. The van der Waals surface area contributed by atoms with Crippen molar-refractivity contribution in [3.05, 3.63) is 60.2 Å². The van der Waals surface area contributed by atoms with Crippen LogP contribution in [0.25, 0.3) is 17.2 Å². The molecule has 0 amide bonds. The Balaban J connectivity index is 1.67. The van der Waals surface area contributed by atoms with Gasteiger partial charge in [0.15, 0.2) is 11.4 Å². The van der Waals surface area contributed by atoms with Gasteiger partial charge in [0.1, 0.15) is 5.82 Å². The molecule has 0 aliphatic carbocycles. The number of nitrogens with one attached hydrogen (secondary N) is 1. The fourth-order valence-electron chi connectivity index (χ4n) is 2.34. The van der Waals surface area contributed by atoms with E-state index >= 15 is 0 Å². The standard InChI is InChI=1S/C16H13FN6O/c17-11-3-5-12(6-4-11)19-8-10-9-20-16(18)23-15(10)21-14(22-23)13-2-1-7-24-13/h1-7,9,19H,8H2,(H2,18,20). The highest BCUT2D eigenvalue weighted by Gasteiger charge is 2.14. The third-order valence-corrected chi connectivity index (χ3v) is 3.53. The Hall–Kier alpha value is -3.42. The number of aromatic nitrogens is 4. The maximum atomic E-state index is 13.0. The van der Waals surface area contributed by atoms with E-state index in [9.17, 15) is 4.39 Å². The number of fused-ring (bicyclic) bond motifs is 1. The summed E-state index contributed by atoms with van der Waals surface area (Å²) in [5.74, 6) is 0.941. The van der Waals surface area contributed by atoms with Crippen molar-refractivity contribution in [3.8, 4) is 11.6 Å². The first-order valence-corrected chi connectivity index (χ1v) is 7.24. The van der Waals surface area contributed by atoms with Crippen molar-refractivity contribution in [3.63, 3.8) is 0 Å². The van der Waals surface area contributed by atoms with Gasteiger partial charge in [-0.15, -0.1) is 5.10 Å². The molecule has 0 saturated heterocycles. The molecule has 24 heavy (non-hydrogen) atoms. The van der Waals surface area contributed by atoms with Crippen molar-refractivity contribution < 1.29 is 8.81 Å². The maximum absolute atomic E-state index is 13.0. The number of nitrogens with two attached hydrogens (primary N) is 1. The number of anilines is 2. The van der Waals surface area contributed by atoms with Crippen molar-refractivity contribution in [2.75, 3.05) is 11.1 Å². The molecule has 0 spiro atoms. The average molecular weight is 324 g/mol. The molecular weight excluding hydrogens is 311 g/mol. The molecule has 3 N–H and O–H groups in total. The number of halogens is 1. The Kier molecular flexibility index (Phi) is 3.34. The minimum atomic E-state index is -0.280. The normalized spacial score (nSPS) is 11.0. The summed E-state index contributed by atoms with van der Waals surface area (Å²) in [5, 5.41) is 7.52. The van der Waals surface area contributed by atoms with E-state index in [2.05, 4.69) is 20.4 Å². The Morgan fingerprint density at radius 2 is 2.04 bits per heavy atom. The third-order valence-electron chi connectivity index (χ3n) is 3.53. The lowest BCUT2D eigenvalue weighted by atomic mass is 10.2. The molecule has 8 heteroatoms. The van der Waals surface area contributed by atoms with Crippen molar-refractivity contribution in [1.29, 1.82) is 0 Å². The molecule has 0 atom stereocenters. The second-order valence-corrected chi connectivity index (χ2v) is 5.15. The monoisotopic (exact) mass is 324 g/mol. The van der Waals surface area contributed by atoms with Crippen molar-refractivity contribution in [2.45, 2.75) is 6.54 Å². The first kappa shape index (κ1) is 14.2. The van der Waals surface area contributed by atoms with Crippen LogP contribution in [0.3, 0.4) is 0 Å². The van der Waals surface area contributed by atoms with Crippen molar-refractivity contribution in [2.24, 2.45) is 0 Å². The quantitative estimate of drug-likeness (QED) is 0.599. The zero-order valence-corrected chi connectivity index (χ0v) is 12.5. The molecule has 3 heterocycles. The summed E-state index contributed by atoms with van der Waals surface area (Å²) in [6.07, 6.45) is 3.20. The van der Waals surface area contributed by atoms with E-state index in [4.69, 9.17) is 10.2 Å². The summed E-state index contributed by atoms with van der Waals surface area (Å²) in [5.41, 5.74) is 8.05. The second-order valence-electron chi connectivity index (χ2n) is 5.15. The van der Waals surface area contributed by atoms with E-state index in [1.807, 2.05) is 0 Å². The Morgan fingerprint density at radius 3 is 2.79 bits per heavy atom. The first-order valence-electron chi connectivity index (χ1n) is 7.24. The van der Waals surface area contributed by atoms with Crippen LogP contribution in [0.1, 0.15) is 5.56 Å². The Morgan fingerprint density at radius 1 is 1.21 bits per heavy atom. The summed E-state index contributed by atoms with van der Waals surface area (Å²) in [7, 11) is 0. The number of hydrogen-bond donors (Lipinski definition) is 2. The van der Waals surface area contributed by atoms with E-state index in [0.717, 1.165) is 11.3 Å². The van der Waals surface area contributed by atoms with Gasteiger partial charge in [0.2, 0.25) is 11.8 Å². The maximum Gasteiger partial charge on any atom is 0.223 e. The zero-order chi connectivity index (χ0) is 16.5. The van der Waals surface area contributed by atoms with Gasteiger partial charge in [-0.3, -0.25) is 0 Å². The molecule has 0 radical (unpaired) electrons. The second kappa shape index (κ2) is 5.65. The molecule has 0 fully saturated rings. The van der Waals surface area contributed by atoms with Crippen LogP contribution >= 0.6 is 0 Å². The van der Waals surface area contributed by atoms with Gasteiger partial charge in [0, 0.05) is 24.0 Å². The van der Waals surface area contributed by atoms with E-state index < -0.39 is 0 Å². The van der Waals surface area contributed by atoms with Crippen molar-refractivity contribution >= 4 is 17.3 Å². The van der Waals surface area contributed by atoms with E-state index in [1.54, 1.807) is 36.7 Å². The van der Waals surface area contributed by atoms with Crippen LogP contribution in [-0.2, 0) is 6.54 Å². The van der Waals surface area contributed by atoms with Crippen molar-refractivity contribution in [1.82, 2.24) is 19.6 Å². The van der Waals surface area contributed by atoms with Gasteiger partial charge in [-0.05, 0) is 36.4 Å². The van der Waals surface area contributed by atoms with E-state index in [0.29, 0.717) is 23.8 Å². The molecule has 0 saturated carbocycles. The highest BCUT2D eigenvalue weighted by atomic mass is 19.1. The zero-order valence-electron chi connectivity index (χ0n) is 12.5. The smallest absolute Gasteiger partial charge is 0.223 e. The summed E-state index contributed by atoms with van der Waals surface area (Å²) in [6, 6.07) is 9.65. The van der Waals surface area contributed by atoms with Gasteiger partial charge in [-0.25, -0.2) is 14.4 Å². The van der Waals surface area contributed by atoms with Crippen LogP contribution in [-0.4, -0.2) is 19.6 Å².